The van der Waals surface area contributed by atoms with Crippen molar-refractivity contribution in [2.45, 2.75) is 0 Å². The third-order valence-electron chi connectivity index (χ3n) is 12.1. The maximum absolute atomic E-state index is 4.12. The van der Waals surface area contributed by atoms with Gasteiger partial charge < -0.3 is 4.57 Å². The highest BCUT2D eigenvalue weighted by Gasteiger charge is 2.38. The summed E-state index contributed by atoms with van der Waals surface area (Å²) < 4.78 is 2.51. The molecule has 0 amide bonds. The van der Waals surface area contributed by atoms with E-state index in [9.17, 15) is 0 Å². The Labute approximate surface area is 351 Å². The Kier molecular flexibility index (Phi) is 8.81. The lowest BCUT2D eigenvalue weighted by molar-refractivity contribution is 1.21. The lowest BCUT2D eigenvalue weighted by Gasteiger charge is -2.28. The van der Waals surface area contributed by atoms with Gasteiger partial charge in [0.2, 0.25) is 8.07 Å². The summed E-state index contributed by atoms with van der Waals surface area (Å²) in [5.74, 6) is 3.97. The van der Waals surface area contributed by atoms with Crippen LogP contribution in [-0.4, -0.2) is 12.6 Å². The fraction of sp³-hybridized carbons (Fsp3) is 0. The molecule has 2 heteroatoms. The van der Waals surface area contributed by atoms with Crippen LogP contribution in [0.25, 0.3) is 71.3 Å². The molecule has 280 valence electrons. The Bertz CT molecular complexity index is 3150. The number of nitrogens with zero attached hydrogens (tertiary/aromatic N) is 1. The highest BCUT2D eigenvalue weighted by Crippen LogP contribution is 2.42. The van der Waals surface area contributed by atoms with E-state index in [1.54, 1.807) is 0 Å². The molecular formula is C58H39NSi. The van der Waals surface area contributed by atoms with Gasteiger partial charge in [-0.3, -0.25) is 0 Å². The molecule has 1 heterocycles. The largest absolute Gasteiger partial charge is 0.308 e. The van der Waals surface area contributed by atoms with Crippen molar-refractivity contribution >= 4 is 67.0 Å². The average molecular weight is 778 g/mol. The summed E-state index contributed by atoms with van der Waals surface area (Å²) in [5.41, 5.74) is 13.5. The van der Waals surface area contributed by atoms with Crippen molar-refractivity contribution in [3.8, 4) is 39.4 Å². The molecule has 0 fully saturated rings. The van der Waals surface area contributed by atoms with Crippen molar-refractivity contribution in [2.24, 2.45) is 0 Å². The van der Waals surface area contributed by atoms with E-state index in [0.717, 1.165) is 16.3 Å². The van der Waals surface area contributed by atoms with E-state index in [4.69, 9.17) is 0 Å². The molecule has 0 aliphatic heterocycles. The molecule has 11 rings (SSSR count). The molecule has 60 heavy (non-hydrogen) atoms. The number of aromatic nitrogens is 1. The Morgan fingerprint density at radius 2 is 0.650 bits per heavy atom. The van der Waals surface area contributed by atoms with Crippen LogP contribution < -0.4 is 15.6 Å². The quantitative estimate of drug-likeness (QED) is 0.0686. The van der Waals surface area contributed by atoms with E-state index in [-0.39, 0.29) is 0 Å². The van der Waals surface area contributed by atoms with Gasteiger partial charge in [0.25, 0.3) is 0 Å². The normalized spacial score (nSPS) is 11.5. The number of rotatable bonds is 6. The first-order valence-electron chi connectivity index (χ1n) is 20.6. The first-order chi connectivity index (χ1) is 29.8. The summed E-state index contributed by atoms with van der Waals surface area (Å²) in [6, 6.07) is 86.0. The zero-order chi connectivity index (χ0) is 39.9. The lowest BCUT2D eigenvalue weighted by atomic mass is 9.94. The molecule has 0 atom stereocenters. The highest BCUT2D eigenvalue weighted by molar-refractivity contribution is 7.16. The smallest absolute Gasteiger partial charge is 0.230 e. The third-order valence-corrected chi connectivity index (χ3v) is 16.2. The molecule has 1 aromatic heterocycles. The topological polar surface area (TPSA) is 4.93 Å². The minimum absolute atomic E-state index is 1.06. The summed E-state index contributed by atoms with van der Waals surface area (Å²) in [6.45, 7) is 0. The monoisotopic (exact) mass is 777 g/mol. The zero-order valence-corrected chi connectivity index (χ0v) is 34.0. The van der Waals surface area contributed by atoms with Crippen LogP contribution >= 0.6 is 0 Å². The molecule has 0 unspecified atom stereocenters. The molecule has 0 aliphatic carbocycles. The van der Waals surface area contributed by atoms with Crippen LogP contribution in [-0.2, 0) is 0 Å². The van der Waals surface area contributed by atoms with Crippen molar-refractivity contribution in [1.29, 1.82) is 0 Å². The molecule has 1 nitrogen and oxygen atoms in total. The van der Waals surface area contributed by atoms with Gasteiger partial charge >= 0.3 is 0 Å². The van der Waals surface area contributed by atoms with Crippen molar-refractivity contribution < 1.29 is 0 Å². The summed E-state index contributed by atoms with van der Waals surface area (Å²) in [5, 5.41) is 10.9. The molecule has 0 radical (unpaired) electrons. The van der Waals surface area contributed by atoms with Gasteiger partial charge in [0.1, 0.15) is 0 Å². The fourth-order valence-corrected chi connectivity index (χ4v) is 13.1. The van der Waals surface area contributed by atoms with E-state index in [0.29, 0.717) is 0 Å². The van der Waals surface area contributed by atoms with Crippen molar-refractivity contribution in [1.82, 2.24) is 4.57 Å². The SMILES string of the molecule is C(#C[Si](c1ccccc1)(c1ccccc1)c1ccccc1)c1c2ccccc2c(-n2c3ccc(-c4ccccc4)cc3c3cc(-c4ccccc4)ccc32)c2ccccc12. The second kappa shape index (κ2) is 14.9. The Morgan fingerprint density at radius 1 is 0.300 bits per heavy atom. The number of fused-ring (bicyclic) bond motifs is 5. The van der Waals surface area contributed by atoms with Crippen molar-refractivity contribution in [3.63, 3.8) is 0 Å². The Morgan fingerprint density at radius 3 is 1.05 bits per heavy atom. The highest BCUT2D eigenvalue weighted by atomic mass is 28.3. The van der Waals surface area contributed by atoms with Gasteiger partial charge in [-0.1, -0.05) is 218 Å². The second-order valence-electron chi connectivity index (χ2n) is 15.4. The standard InChI is InChI=1S/C58H39NSi/c1-6-20-42(21-7-1)44-34-36-56-54(40-44)55-41-45(43-22-8-2-9-23-43)35-37-57(55)59(56)58-52-32-18-16-30-49(52)51(50-31-17-19-33-53(50)58)38-39-60(46-24-10-3-11-25-46,47-26-12-4-13-27-47)48-28-14-5-15-29-48/h1-37,40-41H. The van der Waals surface area contributed by atoms with Crippen LogP contribution in [0.3, 0.4) is 0 Å². The van der Waals surface area contributed by atoms with E-state index in [1.165, 1.54) is 76.1 Å². The summed E-state index contributed by atoms with van der Waals surface area (Å²) >= 11 is 0. The van der Waals surface area contributed by atoms with Crippen LogP contribution in [0.15, 0.2) is 237 Å². The summed E-state index contributed by atoms with van der Waals surface area (Å²) in [4.78, 5) is 0. The van der Waals surface area contributed by atoms with Crippen LogP contribution in [0.5, 0.6) is 0 Å². The summed E-state index contributed by atoms with van der Waals surface area (Å²) in [7, 11) is -2.85. The van der Waals surface area contributed by atoms with Crippen LogP contribution in [0.2, 0.25) is 0 Å². The fourth-order valence-electron chi connectivity index (χ4n) is 9.30. The Hall–Kier alpha value is -7.70. The molecule has 0 saturated carbocycles. The van der Waals surface area contributed by atoms with E-state index in [2.05, 4.69) is 253 Å². The first-order valence-corrected chi connectivity index (χ1v) is 22.6. The predicted octanol–water partition coefficient (Wildman–Crippen LogP) is 12.5. The molecule has 0 spiro atoms. The third kappa shape index (κ3) is 5.87. The van der Waals surface area contributed by atoms with Crippen molar-refractivity contribution in [2.75, 3.05) is 0 Å². The molecular weight excluding hydrogens is 739 g/mol. The molecule has 0 bridgehead atoms. The Balaban J connectivity index is 1.22. The predicted molar refractivity (Wildman–Crippen MR) is 258 cm³/mol. The van der Waals surface area contributed by atoms with Crippen LogP contribution in [0.4, 0.5) is 0 Å². The number of benzene rings is 10. The number of hydrogen-bond acceptors (Lipinski definition) is 0. The van der Waals surface area contributed by atoms with Gasteiger partial charge in [-0.2, -0.15) is 0 Å². The average Bonchev–Trinajstić information content (AvgIpc) is 3.65. The van der Waals surface area contributed by atoms with Crippen LogP contribution in [0.1, 0.15) is 5.56 Å². The molecule has 0 saturated heterocycles. The van der Waals surface area contributed by atoms with Crippen LogP contribution in [0, 0.1) is 11.5 Å². The van der Waals surface area contributed by atoms with Gasteiger partial charge in [0, 0.05) is 37.9 Å². The second-order valence-corrected chi connectivity index (χ2v) is 18.9. The van der Waals surface area contributed by atoms with E-state index in [1.807, 2.05) is 0 Å². The molecule has 10 aromatic carbocycles. The van der Waals surface area contributed by atoms with Crippen molar-refractivity contribution in [3.05, 3.63) is 242 Å². The molecule has 11 aromatic rings. The lowest BCUT2D eigenvalue weighted by Crippen LogP contribution is -2.66. The van der Waals surface area contributed by atoms with Gasteiger partial charge in [-0.25, -0.2) is 0 Å². The molecule has 0 N–H and O–H groups in total. The maximum atomic E-state index is 4.12. The minimum Gasteiger partial charge on any atom is -0.308 e. The van der Waals surface area contributed by atoms with E-state index < -0.39 is 8.07 Å². The maximum Gasteiger partial charge on any atom is 0.230 e. The van der Waals surface area contributed by atoms with Gasteiger partial charge in [-0.15, -0.1) is 5.54 Å². The van der Waals surface area contributed by atoms with Gasteiger partial charge in [-0.05, 0) is 62.1 Å². The number of hydrogen-bond donors (Lipinski definition) is 0. The van der Waals surface area contributed by atoms with Gasteiger partial charge in [0.05, 0.1) is 16.7 Å². The molecule has 0 aliphatic rings. The zero-order valence-electron chi connectivity index (χ0n) is 33.0. The first kappa shape index (κ1) is 35.5. The van der Waals surface area contributed by atoms with E-state index >= 15 is 0 Å². The van der Waals surface area contributed by atoms with Gasteiger partial charge in [0.15, 0.2) is 0 Å². The minimum atomic E-state index is -2.85. The summed E-state index contributed by atoms with van der Waals surface area (Å²) in [6.07, 6.45) is 0.